The van der Waals surface area contributed by atoms with Crippen LogP contribution in [0.25, 0.3) is 0 Å². The third kappa shape index (κ3) is 7.10. The molecule has 1 aliphatic heterocycles. The van der Waals surface area contributed by atoms with Gasteiger partial charge in [-0.25, -0.2) is 4.39 Å². The molecule has 158 valence electrons. The SMILES string of the molecule is CN=C(NCCCN(C)c1ccccc1F)NC1CCN(C(=O)C(C)C)C1.I. The van der Waals surface area contributed by atoms with Crippen LogP contribution in [-0.4, -0.2) is 63.1 Å². The first-order valence-electron chi connectivity index (χ1n) is 9.64. The molecule has 2 rings (SSSR count). The Morgan fingerprint density at radius 1 is 1.39 bits per heavy atom. The predicted octanol–water partition coefficient (Wildman–Crippen LogP) is 2.69. The summed E-state index contributed by atoms with van der Waals surface area (Å²) < 4.78 is 13.8. The van der Waals surface area contributed by atoms with E-state index in [1.54, 1.807) is 19.2 Å². The van der Waals surface area contributed by atoms with Crippen LogP contribution >= 0.6 is 24.0 Å². The molecule has 1 aliphatic rings. The van der Waals surface area contributed by atoms with Crippen molar-refractivity contribution >= 4 is 41.5 Å². The van der Waals surface area contributed by atoms with Crippen LogP contribution in [-0.2, 0) is 4.79 Å². The first-order chi connectivity index (χ1) is 12.9. The van der Waals surface area contributed by atoms with Crippen molar-refractivity contribution in [3.8, 4) is 0 Å². The van der Waals surface area contributed by atoms with Gasteiger partial charge in [-0.15, -0.1) is 24.0 Å². The van der Waals surface area contributed by atoms with E-state index in [-0.39, 0.29) is 47.7 Å². The van der Waals surface area contributed by atoms with Crippen molar-refractivity contribution in [3.63, 3.8) is 0 Å². The largest absolute Gasteiger partial charge is 0.372 e. The Morgan fingerprint density at radius 2 is 2.11 bits per heavy atom. The van der Waals surface area contributed by atoms with Gasteiger partial charge in [-0.3, -0.25) is 9.79 Å². The van der Waals surface area contributed by atoms with Crippen molar-refractivity contribution in [2.45, 2.75) is 32.7 Å². The van der Waals surface area contributed by atoms with Gasteiger partial charge < -0.3 is 20.4 Å². The van der Waals surface area contributed by atoms with Gasteiger partial charge in [0.2, 0.25) is 5.91 Å². The fourth-order valence-electron chi connectivity index (χ4n) is 3.24. The number of nitrogens with one attached hydrogen (secondary N) is 2. The van der Waals surface area contributed by atoms with Crippen LogP contribution in [0.15, 0.2) is 29.3 Å². The van der Waals surface area contributed by atoms with E-state index in [0.29, 0.717) is 12.2 Å². The smallest absolute Gasteiger partial charge is 0.225 e. The zero-order valence-electron chi connectivity index (χ0n) is 17.2. The fraction of sp³-hybridized carbons (Fsp3) is 0.600. The van der Waals surface area contributed by atoms with Crippen molar-refractivity contribution in [2.75, 3.05) is 45.2 Å². The quantitative estimate of drug-likeness (QED) is 0.259. The van der Waals surface area contributed by atoms with Gasteiger partial charge in [0, 0.05) is 52.2 Å². The Balaban J connectivity index is 0.00000392. The second kappa shape index (κ2) is 12.1. The molecule has 0 aromatic heterocycles. The van der Waals surface area contributed by atoms with Crippen LogP contribution in [0.2, 0.25) is 0 Å². The molecule has 0 aliphatic carbocycles. The lowest BCUT2D eigenvalue weighted by Crippen LogP contribution is -2.45. The summed E-state index contributed by atoms with van der Waals surface area (Å²) >= 11 is 0. The second-order valence-corrected chi connectivity index (χ2v) is 7.29. The predicted molar refractivity (Wildman–Crippen MR) is 124 cm³/mol. The minimum absolute atomic E-state index is 0. The minimum atomic E-state index is -0.202. The van der Waals surface area contributed by atoms with E-state index in [1.807, 2.05) is 36.8 Å². The van der Waals surface area contributed by atoms with Gasteiger partial charge in [0.25, 0.3) is 0 Å². The summed E-state index contributed by atoms with van der Waals surface area (Å²) in [5, 5.41) is 6.69. The standard InChI is InChI=1S/C20H32FN5O.HI/c1-15(2)19(27)26-13-10-16(14-26)24-20(22-3)23-11-7-12-25(4)18-9-6-5-8-17(18)21;/h5-6,8-9,15-16H,7,10-14H2,1-4H3,(H2,22,23,24);1H. The molecule has 1 atom stereocenters. The van der Waals surface area contributed by atoms with E-state index in [1.165, 1.54) is 6.07 Å². The van der Waals surface area contributed by atoms with Crippen molar-refractivity contribution in [1.29, 1.82) is 0 Å². The number of halogens is 2. The Kier molecular flexibility index (Phi) is 10.6. The monoisotopic (exact) mass is 505 g/mol. The van der Waals surface area contributed by atoms with Crippen LogP contribution in [0.5, 0.6) is 0 Å². The summed E-state index contributed by atoms with van der Waals surface area (Å²) in [7, 11) is 3.64. The van der Waals surface area contributed by atoms with Gasteiger partial charge in [-0.2, -0.15) is 0 Å². The molecule has 1 saturated heterocycles. The van der Waals surface area contributed by atoms with Crippen LogP contribution in [0, 0.1) is 11.7 Å². The number of carbonyl (C=O) groups is 1. The van der Waals surface area contributed by atoms with Gasteiger partial charge in [0.1, 0.15) is 5.82 Å². The van der Waals surface area contributed by atoms with E-state index in [9.17, 15) is 9.18 Å². The number of aliphatic imine (C=N–C) groups is 1. The molecule has 2 N–H and O–H groups in total. The lowest BCUT2D eigenvalue weighted by molar-refractivity contribution is -0.133. The Bertz CT molecular complexity index is 655. The highest BCUT2D eigenvalue weighted by Crippen LogP contribution is 2.17. The highest BCUT2D eigenvalue weighted by Gasteiger charge is 2.27. The van der Waals surface area contributed by atoms with Gasteiger partial charge in [0.05, 0.1) is 5.69 Å². The zero-order chi connectivity index (χ0) is 19.8. The number of likely N-dealkylation sites (tertiary alicyclic amines) is 1. The summed E-state index contributed by atoms with van der Waals surface area (Å²) in [4.78, 5) is 20.2. The highest BCUT2D eigenvalue weighted by molar-refractivity contribution is 14.0. The van der Waals surface area contributed by atoms with Crippen molar-refractivity contribution in [3.05, 3.63) is 30.1 Å². The Labute approximate surface area is 185 Å². The molecule has 0 spiro atoms. The molecule has 1 aromatic rings. The summed E-state index contributed by atoms with van der Waals surface area (Å²) in [5.41, 5.74) is 0.612. The molecule has 0 bridgehead atoms. The first-order valence-corrected chi connectivity index (χ1v) is 9.64. The maximum atomic E-state index is 13.8. The maximum Gasteiger partial charge on any atom is 0.225 e. The maximum absolute atomic E-state index is 13.8. The summed E-state index contributed by atoms with van der Waals surface area (Å²) in [6, 6.07) is 7.02. The normalized spacial score (nSPS) is 16.7. The van der Waals surface area contributed by atoms with E-state index < -0.39 is 0 Å². The number of carbonyl (C=O) groups excluding carboxylic acids is 1. The number of amides is 1. The topological polar surface area (TPSA) is 60.0 Å². The van der Waals surface area contributed by atoms with Crippen LogP contribution in [0.4, 0.5) is 10.1 Å². The lowest BCUT2D eigenvalue weighted by Gasteiger charge is -2.21. The molecular formula is C20H33FIN5O. The molecule has 1 amide bonds. The number of nitrogens with zero attached hydrogens (tertiary/aromatic N) is 3. The number of hydrogen-bond donors (Lipinski definition) is 2. The number of benzene rings is 1. The number of anilines is 1. The minimum Gasteiger partial charge on any atom is -0.372 e. The average molecular weight is 505 g/mol. The van der Waals surface area contributed by atoms with Gasteiger partial charge in [0.15, 0.2) is 5.96 Å². The van der Waals surface area contributed by atoms with Gasteiger partial charge in [-0.1, -0.05) is 26.0 Å². The molecule has 0 saturated carbocycles. The molecule has 1 fully saturated rings. The third-order valence-corrected chi connectivity index (χ3v) is 4.78. The number of para-hydroxylation sites is 1. The van der Waals surface area contributed by atoms with Crippen LogP contribution in [0.1, 0.15) is 26.7 Å². The Hall–Kier alpha value is -1.58. The number of guanidine groups is 1. The highest BCUT2D eigenvalue weighted by atomic mass is 127. The first kappa shape index (κ1) is 24.5. The summed E-state index contributed by atoms with van der Waals surface area (Å²) in [6.07, 6.45) is 1.78. The molecule has 1 unspecified atom stereocenters. The average Bonchev–Trinajstić information content (AvgIpc) is 3.12. The summed E-state index contributed by atoms with van der Waals surface area (Å²) in [5.74, 6) is 0.783. The second-order valence-electron chi connectivity index (χ2n) is 7.29. The van der Waals surface area contributed by atoms with E-state index in [2.05, 4.69) is 15.6 Å². The summed E-state index contributed by atoms with van der Waals surface area (Å²) in [6.45, 7) is 6.85. The van der Waals surface area contributed by atoms with Crippen molar-refractivity contribution in [2.24, 2.45) is 10.9 Å². The lowest BCUT2D eigenvalue weighted by atomic mass is 10.2. The number of rotatable bonds is 7. The molecule has 0 radical (unpaired) electrons. The number of hydrogen-bond acceptors (Lipinski definition) is 3. The molecule has 6 nitrogen and oxygen atoms in total. The zero-order valence-corrected chi connectivity index (χ0v) is 19.6. The van der Waals surface area contributed by atoms with Gasteiger partial charge >= 0.3 is 0 Å². The third-order valence-electron chi connectivity index (χ3n) is 4.78. The van der Waals surface area contributed by atoms with E-state index >= 15 is 0 Å². The molecular weight excluding hydrogens is 472 g/mol. The molecule has 1 aromatic carbocycles. The van der Waals surface area contributed by atoms with Crippen LogP contribution in [0.3, 0.4) is 0 Å². The van der Waals surface area contributed by atoms with Gasteiger partial charge in [-0.05, 0) is 25.0 Å². The van der Waals surface area contributed by atoms with Crippen molar-refractivity contribution < 1.29 is 9.18 Å². The van der Waals surface area contributed by atoms with E-state index in [4.69, 9.17) is 0 Å². The molecule has 8 heteroatoms. The van der Waals surface area contributed by atoms with Crippen molar-refractivity contribution in [1.82, 2.24) is 15.5 Å². The fourth-order valence-corrected chi connectivity index (χ4v) is 3.24. The Morgan fingerprint density at radius 3 is 2.75 bits per heavy atom. The molecule has 1 heterocycles. The van der Waals surface area contributed by atoms with E-state index in [0.717, 1.165) is 38.4 Å². The van der Waals surface area contributed by atoms with Crippen LogP contribution < -0.4 is 15.5 Å². The molecule has 28 heavy (non-hydrogen) atoms.